The number of para-hydroxylation sites is 1. The number of Topliss-reactive ketones (excluding diaryl/α,β-unsaturated/α-hetero) is 1. The van der Waals surface area contributed by atoms with Crippen LogP contribution in [0.15, 0.2) is 97.1 Å². The van der Waals surface area contributed by atoms with Crippen molar-refractivity contribution in [2.45, 2.75) is 112 Å². The molecule has 0 radical (unpaired) electrons. The Morgan fingerprint density at radius 3 is 2.20 bits per heavy atom. The number of carbonyl (C=O) groups excluding carboxylic acids is 4. The number of ether oxygens (including phenoxy) is 5. The minimum Gasteiger partial charge on any atom is -0.492 e. The van der Waals surface area contributed by atoms with Crippen LogP contribution in [-0.4, -0.2) is 107 Å². The van der Waals surface area contributed by atoms with Gasteiger partial charge in [-0.2, -0.15) is 0 Å². The number of piperidine rings is 2. The number of fused-ring (bicyclic) bond motifs is 5. The Balaban J connectivity index is 1.10. The minimum atomic E-state index is -1.75. The standard InChI is InChI=1S/C56H64N4O9Si/c1-57-43-21-24-53(34-45(62)67-31-32-70(4,5)6)23-14-28-58-29-26-55(43,50(53)58)40-33-41(48(65-2)49(66-3)47(40)57)54-27-30-59(52(64)69-36-38-17-11-8-12-18-38)56(51(54)63)25-22-44(61)60(56)46-39(54)19-13-20-42(46)68-35-37-15-9-7-10-16-37/h7-13,15-21,24,33,43,50H,14,22-23,25-32,34-36H2,1-6H3/t43-,50-,53-,54-,55-,56+/m1/s1. The summed E-state index contributed by atoms with van der Waals surface area (Å²) < 4.78 is 31.9. The molecule has 13 nitrogen and oxygen atoms in total. The summed E-state index contributed by atoms with van der Waals surface area (Å²) in [5.74, 6) is 0.627. The van der Waals surface area contributed by atoms with E-state index in [1.165, 1.54) is 4.90 Å². The van der Waals surface area contributed by atoms with Gasteiger partial charge in [0.05, 0.1) is 50.1 Å². The lowest BCUT2D eigenvalue weighted by molar-refractivity contribution is -0.147. The quantitative estimate of drug-likeness (QED) is 0.0725. The highest BCUT2D eigenvalue weighted by atomic mass is 28.3. The van der Waals surface area contributed by atoms with E-state index >= 15 is 4.79 Å². The number of hydrogen-bond donors (Lipinski definition) is 0. The maximum Gasteiger partial charge on any atom is 0.412 e. The fraction of sp³-hybridized carbons (Fsp3) is 0.464. The van der Waals surface area contributed by atoms with Gasteiger partial charge < -0.3 is 28.6 Å². The van der Waals surface area contributed by atoms with Crippen molar-refractivity contribution in [2.24, 2.45) is 5.41 Å². The lowest BCUT2D eigenvalue weighted by atomic mass is 9.54. The first-order valence-corrected chi connectivity index (χ1v) is 28.7. The lowest BCUT2D eigenvalue weighted by Crippen LogP contribution is -2.75. The first-order chi connectivity index (χ1) is 33.7. The number of likely N-dealkylation sites (N-methyl/N-ethyl adjacent to an activating group) is 1. The molecule has 2 bridgehead atoms. The molecular weight excluding hydrogens is 901 g/mol. The third kappa shape index (κ3) is 6.71. The number of esters is 1. The molecule has 2 spiro atoms. The van der Waals surface area contributed by atoms with Crippen molar-refractivity contribution < 1.29 is 42.9 Å². The van der Waals surface area contributed by atoms with Crippen molar-refractivity contribution in [3.8, 4) is 17.2 Å². The van der Waals surface area contributed by atoms with E-state index in [-0.39, 0.29) is 75.2 Å². The topological polar surface area (TPSA) is 127 Å². The van der Waals surface area contributed by atoms with Crippen LogP contribution in [0.5, 0.6) is 17.2 Å². The Kier molecular flexibility index (Phi) is 11.3. The van der Waals surface area contributed by atoms with Crippen LogP contribution in [0.25, 0.3) is 0 Å². The van der Waals surface area contributed by atoms with Gasteiger partial charge in [0.1, 0.15) is 19.0 Å². The van der Waals surface area contributed by atoms with E-state index in [0.717, 1.165) is 60.8 Å². The van der Waals surface area contributed by atoms with E-state index in [2.05, 4.69) is 54.7 Å². The first-order valence-electron chi connectivity index (χ1n) is 25.0. The average molecular weight is 965 g/mol. The van der Waals surface area contributed by atoms with E-state index in [1.54, 1.807) is 19.1 Å². The molecule has 6 aliphatic heterocycles. The van der Waals surface area contributed by atoms with E-state index in [4.69, 9.17) is 23.7 Å². The number of likely N-dealkylation sites (tertiary alicyclic amines) is 1. The predicted molar refractivity (Wildman–Crippen MR) is 268 cm³/mol. The fourth-order valence-corrected chi connectivity index (χ4v) is 14.8. The summed E-state index contributed by atoms with van der Waals surface area (Å²) in [6.45, 7) is 9.40. The number of nitrogens with zero attached hydrogens (tertiary/aromatic N) is 4. The maximum atomic E-state index is 16.7. The Morgan fingerprint density at radius 2 is 1.49 bits per heavy atom. The largest absolute Gasteiger partial charge is 0.492 e. The van der Waals surface area contributed by atoms with Gasteiger partial charge in [0.2, 0.25) is 5.91 Å². The molecule has 0 saturated carbocycles. The van der Waals surface area contributed by atoms with Crippen LogP contribution >= 0.6 is 0 Å². The number of anilines is 2. The van der Waals surface area contributed by atoms with Gasteiger partial charge in [-0.1, -0.05) is 105 Å². The second-order valence-corrected chi connectivity index (χ2v) is 27.3. The van der Waals surface area contributed by atoms with Crippen LogP contribution in [-0.2, 0) is 47.9 Å². The number of hydrogen-bond acceptors (Lipinski definition) is 11. The van der Waals surface area contributed by atoms with Crippen molar-refractivity contribution >= 4 is 43.2 Å². The van der Waals surface area contributed by atoms with Crippen LogP contribution in [0.2, 0.25) is 25.7 Å². The van der Waals surface area contributed by atoms with Crippen molar-refractivity contribution in [1.29, 1.82) is 0 Å². The molecule has 0 N–H and O–H groups in total. The minimum absolute atomic E-state index is 0.00151. The Morgan fingerprint density at radius 1 is 0.757 bits per heavy atom. The second-order valence-electron chi connectivity index (χ2n) is 21.7. The van der Waals surface area contributed by atoms with Crippen LogP contribution in [0, 0.1) is 5.41 Å². The number of benzene rings is 4. The second kappa shape index (κ2) is 17.0. The molecule has 4 aromatic rings. The molecule has 4 aromatic carbocycles. The molecule has 11 rings (SSSR count). The van der Waals surface area contributed by atoms with Gasteiger partial charge in [-0.15, -0.1) is 0 Å². The average Bonchev–Trinajstić information content (AvgIpc) is 3.99. The zero-order chi connectivity index (χ0) is 48.8. The van der Waals surface area contributed by atoms with Gasteiger partial charge in [0, 0.05) is 56.9 Å². The molecule has 7 aliphatic rings. The van der Waals surface area contributed by atoms with E-state index < -0.39 is 36.1 Å². The molecule has 4 fully saturated rings. The fourth-order valence-electron chi connectivity index (χ4n) is 14.0. The number of ketones is 1. The van der Waals surface area contributed by atoms with Crippen LogP contribution < -0.4 is 24.0 Å². The molecule has 0 aromatic heterocycles. The van der Waals surface area contributed by atoms with Gasteiger partial charge in [-0.3, -0.25) is 29.1 Å². The highest BCUT2D eigenvalue weighted by Crippen LogP contribution is 2.68. The number of carbonyl (C=O) groups is 4. The summed E-state index contributed by atoms with van der Waals surface area (Å²) in [5.41, 5.74) is 1.19. The molecule has 1 aliphatic carbocycles. The Labute approximate surface area is 411 Å². The summed E-state index contributed by atoms with van der Waals surface area (Å²) in [4.78, 5) is 68.0. The van der Waals surface area contributed by atoms with E-state index in [1.807, 2.05) is 78.9 Å². The Bertz CT molecular complexity index is 2800. The number of rotatable bonds is 13. The first kappa shape index (κ1) is 46.3. The SMILES string of the molecule is COc1c([C@@]23CCN(C(=O)OCc4ccccc4)[C@]4(CCC(=O)N4c4c(OCc5ccccc5)cccc42)C3=O)cc2c(c1OC)N(C)[C@@H]1C=C[C@@]3(CC(=O)OCC[Si](C)(C)C)CCCN4CC[C@@]21[C@H]43. The van der Waals surface area contributed by atoms with Crippen LogP contribution in [0.4, 0.5) is 16.2 Å². The van der Waals surface area contributed by atoms with Gasteiger partial charge in [0.15, 0.2) is 22.9 Å². The number of amides is 2. The van der Waals surface area contributed by atoms with Gasteiger partial charge in [-0.25, -0.2) is 4.79 Å². The summed E-state index contributed by atoms with van der Waals surface area (Å²) >= 11 is 0. The van der Waals surface area contributed by atoms with Crippen LogP contribution in [0.3, 0.4) is 0 Å². The smallest absolute Gasteiger partial charge is 0.412 e. The van der Waals surface area contributed by atoms with Gasteiger partial charge in [0.25, 0.3) is 0 Å². The monoisotopic (exact) mass is 964 g/mol. The lowest BCUT2D eigenvalue weighted by Gasteiger charge is -2.58. The third-order valence-corrected chi connectivity index (χ3v) is 18.6. The third-order valence-electron chi connectivity index (χ3n) is 16.9. The summed E-state index contributed by atoms with van der Waals surface area (Å²) in [7, 11) is 3.96. The normalized spacial score (nSPS) is 28.1. The summed E-state index contributed by atoms with van der Waals surface area (Å²) in [6, 6.07) is 27.9. The highest BCUT2D eigenvalue weighted by Gasteiger charge is 2.73. The van der Waals surface area contributed by atoms with Crippen molar-refractivity contribution in [3.05, 3.63) is 125 Å². The number of methoxy groups -OCH3 is 2. The summed E-state index contributed by atoms with van der Waals surface area (Å²) in [5, 5.41) is 0. The zero-order valence-corrected chi connectivity index (χ0v) is 42.3. The summed E-state index contributed by atoms with van der Waals surface area (Å²) in [6.07, 6.45) is 7.16. The van der Waals surface area contributed by atoms with Gasteiger partial charge in [-0.05, 0) is 79.2 Å². The molecular formula is C56H64N4O9Si. The molecule has 6 heterocycles. The van der Waals surface area contributed by atoms with Crippen LogP contribution in [0.1, 0.15) is 72.8 Å². The van der Waals surface area contributed by atoms with Crippen molar-refractivity contribution in [1.82, 2.24) is 9.80 Å². The van der Waals surface area contributed by atoms with Gasteiger partial charge >= 0.3 is 12.1 Å². The molecule has 14 heteroatoms. The van der Waals surface area contributed by atoms with Crippen molar-refractivity contribution in [3.63, 3.8) is 0 Å². The van der Waals surface area contributed by atoms with E-state index in [9.17, 15) is 14.4 Å². The molecule has 6 atom stereocenters. The van der Waals surface area contributed by atoms with Crippen molar-refractivity contribution in [2.75, 3.05) is 57.3 Å². The molecule has 70 heavy (non-hydrogen) atoms. The van der Waals surface area contributed by atoms with E-state index in [0.29, 0.717) is 40.7 Å². The molecule has 2 amide bonds. The molecule has 4 saturated heterocycles. The maximum absolute atomic E-state index is 16.7. The highest BCUT2D eigenvalue weighted by molar-refractivity contribution is 6.76. The molecule has 0 unspecified atom stereocenters. The Hall–Kier alpha value is -6.12. The zero-order valence-electron chi connectivity index (χ0n) is 41.3. The predicted octanol–water partition coefficient (Wildman–Crippen LogP) is 8.77. The molecule has 366 valence electrons.